The minimum absolute atomic E-state index is 0.0281. The molecule has 1 N–H and O–H groups in total. The summed E-state index contributed by atoms with van der Waals surface area (Å²) in [5.74, 6) is -1.94. The quantitative estimate of drug-likeness (QED) is 0.842. The summed E-state index contributed by atoms with van der Waals surface area (Å²) in [4.78, 5) is 9.69. The largest absolute Gasteiger partial charge is 0.501 e. The summed E-state index contributed by atoms with van der Waals surface area (Å²) in [6.07, 6.45) is 0. The number of sulfone groups is 1. The van der Waals surface area contributed by atoms with Crippen molar-refractivity contribution in [2.24, 2.45) is 5.92 Å². The molecule has 0 aliphatic heterocycles. The second-order valence-electron chi connectivity index (χ2n) is 3.95. The third-order valence-electron chi connectivity index (χ3n) is 2.35. The Labute approximate surface area is 117 Å². The number of carbonyl (C=O) groups is 1. The molecule has 0 fully saturated rings. The molecule has 0 spiro atoms. The van der Waals surface area contributed by atoms with Crippen LogP contribution in [0.15, 0.2) is 34.1 Å². The fraction of sp³-hybridized carbons (Fsp3) is 0.364. The zero-order valence-corrected chi connectivity index (χ0v) is 11.8. The molecule has 1 aromatic rings. The van der Waals surface area contributed by atoms with Crippen LogP contribution in [0.1, 0.15) is 6.92 Å². The highest BCUT2D eigenvalue weighted by Gasteiger charge is 2.47. The number of rotatable bonds is 5. The highest BCUT2D eigenvalue weighted by molar-refractivity contribution is 8.00. The summed E-state index contributed by atoms with van der Waals surface area (Å²) in [5, 5.41) is 8.71. The molecule has 1 atom stereocenters. The van der Waals surface area contributed by atoms with Crippen LogP contribution in [0.2, 0.25) is 0 Å². The van der Waals surface area contributed by atoms with Gasteiger partial charge >= 0.3 is 11.5 Å². The van der Waals surface area contributed by atoms with Gasteiger partial charge in [-0.15, -0.1) is 11.8 Å². The summed E-state index contributed by atoms with van der Waals surface area (Å²) in [6.45, 7) is 1.39. The second-order valence-corrected chi connectivity index (χ2v) is 6.92. The molecule has 1 aromatic carbocycles. The lowest BCUT2D eigenvalue weighted by Gasteiger charge is -2.13. The highest BCUT2D eigenvalue weighted by Crippen LogP contribution is 2.36. The van der Waals surface area contributed by atoms with E-state index in [-0.39, 0.29) is 10.6 Å². The van der Waals surface area contributed by atoms with Crippen molar-refractivity contribution in [3.63, 3.8) is 0 Å². The molecule has 0 aromatic heterocycles. The normalized spacial score (nSPS) is 14.0. The second kappa shape index (κ2) is 6.04. The first-order valence-corrected chi connectivity index (χ1v) is 7.80. The van der Waals surface area contributed by atoms with Gasteiger partial charge in [0.1, 0.15) is 0 Å². The van der Waals surface area contributed by atoms with E-state index in [2.05, 4.69) is 0 Å². The topological polar surface area (TPSA) is 71.4 Å². The van der Waals surface area contributed by atoms with Crippen LogP contribution in [0.4, 0.5) is 13.2 Å². The first-order valence-electron chi connectivity index (χ1n) is 5.33. The van der Waals surface area contributed by atoms with Gasteiger partial charge in [0.05, 0.1) is 10.8 Å². The van der Waals surface area contributed by atoms with Gasteiger partial charge in [-0.1, -0.05) is 19.1 Å². The summed E-state index contributed by atoms with van der Waals surface area (Å²) in [6, 6.07) is 4.65. The summed E-state index contributed by atoms with van der Waals surface area (Å²) < 4.78 is 60.4. The van der Waals surface area contributed by atoms with Crippen LogP contribution in [0, 0.1) is 5.92 Å². The third-order valence-corrected chi connectivity index (χ3v) is 5.36. The van der Waals surface area contributed by atoms with Crippen LogP contribution in [-0.2, 0) is 14.6 Å². The van der Waals surface area contributed by atoms with Crippen LogP contribution in [-0.4, -0.2) is 30.8 Å². The van der Waals surface area contributed by atoms with Gasteiger partial charge < -0.3 is 5.11 Å². The molecule has 112 valence electrons. The van der Waals surface area contributed by atoms with Gasteiger partial charge in [0.25, 0.3) is 9.84 Å². The molecule has 0 amide bonds. The van der Waals surface area contributed by atoms with Crippen molar-refractivity contribution >= 4 is 27.6 Å². The van der Waals surface area contributed by atoms with Gasteiger partial charge in [-0.05, 0) is 12.1 Å². The first kappa shape index (κ1) is 16.8. The molecule has 0 saturated carbocycles. The molecular formula is C11H11F3O4S2. The minimum Gasteiger partial charge on any atom is -0.481 e. The van der Waals surface area contributed by atoms with Crippen molar-refractivity contribution in [2.75, 3.05) is 5.75 Å². The van der Waals surface area contributed by atoms with E-state index in [0.29, 0.717) is 0 Å². The van der Waals surface area contributed by atoms with Crippen molar-refractivity contribution in [1.82, 2.24) is 0 Å². The van der Waals surface area contributed by atoms with Gasteiger partial charge in [0, 0.05) is 10.6 Å². The molecule has 1 unspecified atom stereocenters. The van der Waals surface area contributed by atoms with Gasteiger partial charge in [0.2, 0.25) is 0 Å². The van der Waals surface area contributed by atoms with Crippen molar-refractivity contribution in [2.45, 2.75) is 22.2 Å². The number of carboxylic acids is 1. The number of hydrogen-bond acceptors (Lipinski definition) is 4. The molecule has 0 saturated heterocycles. The molecule has 0 radical (unpaired) electrons. The Morgan fingerprint density at radius 3 is 2.40 bits per heavy atom. The number of hydrogen-bond donors (Lipinski definition) is 1. The first-order chi connectivity index (χ1) is 9.07. The van der Waals surface area contributed by atoms with E-state index in [1.807, 2.05) is 0 Å². The van der Waals surface area contributed by atoms with Crippen molar-refractivity contribution in [3.05, 3.63) is 24.3 Å². The van der Waals surface area contributed by atoms with Crippen LogP contribution in [0.25, 0.3) is 0 Å². The van der Waals surface area contributed by atoms with Crippen LogP contribution in [0.3, 0.4) is 0 Å². The average Bonchev–Trinajstić information content (AvgIpc) is 2.34. The Morgan fingerprint density at radius 1 is 1.35 bits per heavy atom. The third kappa shape index (κ3) is 3.66. The maximum Gasteiger partial charge on any atom is 0.501 e. The van der Waals surface area contributed by atoms with Crippen molar-refractivity contribution in [3.8, 4) is 0 Å². The van der Waals surface area contributed by atoms with Gasteiger partial charge in [0.15, 0.2) is 0 Å². The Hall–Kier alpha value is -1.22. The zero-order valence-electron chi connectivity index (χ0n) is 10.2. The van der Waals surface area contributed by atoms with Crippen LogP contribution < -0.4 is 0 Å². The fourth-order valence-electron chi connectivity index (χ4n) is 1.20. The van der Waals surface area contributed by atoms with E-state index in [4.69, 9.17) is 5.11 Å². The fourth-order valence-corrected chi connectivity index (χ4v) is 3.51. The minimum atomic E-state index is -5.44. The molecule has 9 heteroatoms. The van der Waals surface area contributed by atoms with E-state index in [9.17, 15) is 26.4 Å². The van der Waals surface area contributed by atoms with E-state index >= 15 is 0 Å². The number of halogens is 3. The van der Waals surface area contributed by atoms with E-state index in [1.54, 1.807) is 0 Å². The SMILES string of the molecule is CC(CSc1ccccc1S(=O)(=O)C(F)(F)F)C(=O)O. The lowest BCUT2D eigenvalue weighted by molar-refractivity contribution is -0.140. The summed E-state index contributed by atoms with van der Waals surface area (Å²) in [7, 11) is -5.44. The molecule has 4 nitrogen and oxygen atoms in total. The maximum atomic E-state index is 12.5. The summed E-state index contributed by atoms with van der Waals surface area (Å²) >= 11 is 0.766. The van der Waals surface area contributed by atoms with Gasteiger partial charge in [-0.2, -0.15) is 13.2 Å². The Kier molecular flexibility index (Phi) is 5.09. The van der Waals surface area contributed by atoms with Gasteiger partial charge in [-0.3, -0.25) is 4.79 Å². The maximum absolute atomic E-state index is 12.5. The molecule has 0 aliphatic rings. The lowest BCUT2D eigenvalue weighted by atomic mass is 10.2. The molecular weight excluding hydrogens is 317 g/mol. The van der Waals surface area contributed by atoms with Crippen LogP contribution in [0.5, 0.6) is 0 Å². The Balaban J connectivity index is 3.10. The monoisotopic (exact) mass is 328 g/mol. The van der Waals surface area contributed by atoms with Gasteiger partial charge in [-0.25, -0.2) is 8.42 Å². The van der Waals surface area contributed by atoms with E-state index in [1.165, 1.54) is 25.1 Å². The number of benzene rings is 1. The Morgan fingerprint density at radius 2 is 1.90 bits per heavy atom. The predicted octanol–water partition coefficient (Wildman–Crippen LogP) is 2.79. The number of thioether (sulfide) groups is 1. The molecule has 0 heterocycles. The van der Waals surface area contributed by atoms with E-state index < -0.39 is 32.1 Å². The Bertz CT molecular complexity index is 596. The number of aliphatic carboxylic acids is 1. The van der Waals surface area contributed by atoms with E-state index in [0.717, 1.165) is 17.8 Å². The molecule has 0 aliphatic carbocycles. The van der Waals surface area contributed by atoms with Crippen molar-refractivity contribution < 1.29 is 31.5 Å². The molecule has 1 rings (SSSR count). The standard InChI is InChI=1S/C11H11F3O4S2/c1-7(10(15)16)6-19-8-4-2-3-5-9(8)20(17,18)11(12,13)14/h2-5,7H,6H2,1H3,(H,15,16). The average molecular weight is 328 g/mol. The number of alkyl halides is 3. The smallest absolute Gasteiger partial charge is 0.481 e. The number of carboxylic acid groups (broad SMARTS) is 1. The highest BCUT2D eigenvalue weighted by atomic mass is 32.2. The molecule has 20 heavy (non-hydrogen) atoms. The molecule has 0 bridgehead atoms. The van der Waals surface area contributed by atoms with Crippen molar-refractivity contribution in [1.29, 1.82) is 0 Å². The van der Waals surface area contributed by atoms with Crippen LogP contribution >= 0.6 is 11.8 Å². The predicted molar refractivity (Wildman–Crippen MR) is 67.2 cm³/mol. The zero-order chi connectivity index (χ0) is 15.6. The summed E-state index contributed by atoms with van der Waals surface area (Å²) in [5.41, 5.74) is -5.39. The lowest BCUT2D eigenvalue weighted by Crippen LogP contribution is -2.24.